The number of hydrogen-bond donors (Lipinski definition) is 1. The second-order valence-corrected chi connectivity index (χ2v) is 13.2. The van der Waals surface area contributed by atoms with E-state index in [1.165, 1.54) is 39.1 Å². The zero-order chi connectivity index (χ0) is 34.2. The summed E-state index contributed by atoms with van der Waals surface area (Å²) in [7, 11) is 4.20. The summed E-state index contributed by atoms with van der Waals surface area (Å²) in [6, 6.07) is 5.21. The molecule has 4 atom stereocenters. The minimum Gasteiger partial charge on any atom is -0.504 e. The summed E-state index contributed by atoms with van der Waals surface area (Å²) >= 11 is 1.93. The highest BCUT2D eigenvalue weighted by Crippen LogP contribution is 2.56. The van der Waals surface area contributed by atoms with Crippen LogP contribution in [0.4, 0.5) is 22.7 Å². The molecule has 0 radical (unpaired) electrons. The van der Waals surface area contributed by atoms with E-state index in [0.29, 0.717) is 14.7 Å². The van der Waals surface area contributed by atoms with Crippen molar-refractivity contribution >= 4 is 68.7 Å². The number of methoxy groups -OCH3 is 1. The van der Waals surface area contributed by atoms with E-state index in [1.807, 2.05) is 22.6 Å². The Morgan fingerprint density at radius 1 is 1.00 bits per heavy atom. The maximum Gasteiger partial charge on any atom is 0.301 e. The Balaban J connectivity index is 1.50. The van der Waals surface area contributed by atoms with Crippen molar-refractivity contribution < 1.29 is 38.9 Å². The van der Waals surface area contributed by atoms with Gasteiger partial charge in [0.15, 0.2) is 28.8 Å². The number of fused-ring (bicyclic) bond motifs is 3. The lowest BCUT2D eigenvalue weighted by Gasteiger charge is -2.42. The van der Waals surface area contributed by atoms with Crippen molar-refractivity contribution in [3.8, 4) is 11.5 Å². The van der Waals surface area contributed by atoms with Crippen LogP contribution in [0.15, 0.2) is 58.7 Å². The fraction of sp³-hybridized carbons (Fsp3) is 0.312. The number of allylic oxidation sites excluding steroid dienone is 6. The number of benzene rings is 2. The summed E-state index contributed by atoms with van der Waals surface area (Å²) in [5.41, 5.74) is 0.0192. The van der Waals surface area contributed by atoms with Gasteiger partial charge < -0.3 is 14.7 Å². The van der Waals surface area contributed by atoms with Gasteiger partial charge in [0.2, 0.25) is 11.8 Å². The van der Waals surface area contributed by atoms with Gasteiger partial charge in [0.25, 0.3) is 0 Å². The van der Waals surface area contributed by atoms with Crippen LogP contribution < -0.4 is 14.5 Å². The van der Waals surface area contributed by atoms with Gasteiger partial charge in [-0.2, -0.15) is 0 Å². The number of Topliss-reactive ketones (excluding diaryl/α,β-unsaturated/α-hetero) is 1. The molecule has 47 heavy (non-hydrogen) atoms. The van der Waals surface area contributed by atoms with E-state index in [4.69, 9.17) is 4.74 Å². The average Bonchev–Trinajstić information content (AvgIpc) is 3.28. The van der Waals surface area contributed by atoms with Crippen LogP contribution >= 0.6 is 22.6 Å². The van der Waals surface area contributed by atoms with Gasteiger partial charge in [-0.1, -0.05) is 11.6 Å². The van der Waals surface area contributed by atoms with Gasteiger partial charge in [-0.15, -0.1) is 0 Å². The average molecular weight is 754 g/mol. The van der Waals surface area contributed by atoms with Crippen LogP contribution in [0.3, 0.4) is 0 Å². The van der Waals surface area contributed by atoms with Gasteiger partial charge in [-0.25, -0.2) is 4.90 Å². The number of imide groups is 1. The number of ketones is 2. The lowest BCUT2D eigenvalue weighted by atomic mass is 9.59. The van der Waals surface area contributed by atoms with Crippen LogP contribution in [-0.4, -0.2) is 59.5 Å². The van der Waals surface area contributed by atoms with Gasteiger partial charge in [-0.05, 0) is 72.0 Å². The number of nitro groups is 2. The molecule has 2 aromatic carbocycles. The molecule has 0 saturated carbocycles. The minimum absolute atomic E-state index is 0.00633. The first-order valence-corrected chi connectivity index (χ1v) is 15.5. The van der Waals surface area contributed by atoms with Crippen molar-refractivity contribution in [2.24, 2.45) is 17.8 Å². The number of rotatable bonds is 6. The van der Waals surface area contributed by atoms with Crippen molar-refractivity contribution in [2.45, 2.75) is 25.7 Å². The van der Waals surface area contributed by atoms with Crippen molar-refractivity contribution in [1.29, 1.82) is 0 Å². The van der Waals surface area contributed by atoms with Gasteiger partial charge >= 0.3 is 11.4 Å². The fourth-order valence-corrected chi connectivity index (χ4v) is 8.01. The zero-order valence-corrected chi connectivity index (χ0v) is 27.6. The second kappa shape index (κ2) is 11.4. The largest absolute Gasteiger partial charge is 0.504 e. The third-order valence-corrected chi connectivity index (χ3v) is 10.1. The topological polar surface area (TPSA) is 190 Å². The fourth-order valence-electron chi connectivity index (χ4n) is 7.39. The van der Waals surface area contributed by atoms with E-state index in [9.17, 15) is 44.5 Å². The van der Waals surface area contributed by atoms with E-state index in [1.54, 1.807) is 18.2 Å². The van der Waals surface area contributed by atoms with Crippen LogP contribution in [0.5, 0.6) is 11.5 Å². The predicted molar refractivity (Wildman–Crippen MR) is 175 cm³/mol. The number of nitrogens with zero attached hydrogens (tertiary/aromatic N) is 4. The maximum absolute atomic E-state index is 14.3. The Bertz CT molecular complexity index is 1930. The van der Waals surface area contributed by atoms with Crippen molar-refractivity contribution in [2.75, 3.05) is 31.0 Å². The van der Waals surface area contributed by atoms with E-state index >= 15 is 0 Å². The van der Waals surface area contributed by atoms with Crippen LogP contribution in [0.2, 0.25) is 0 Å². The van der Waals surface area contributed by atoms with Crippen molar-refractivity contribution in [3.63, 3.8) is 0 Å². The summed E-state index contributed by atoms with van der Waals surface area (Å²) in [4.78, 5) is 79.7. The smallest absolute Gasteiger partial charge is 0.301 e. The lowest BCUT2D eigenvalue weighted by Crippen LogP contribution is -2.39. The molecule has 1 aliphatic heterocycles. The second-order valence-electron chi connectivity index (χ2n) is 12.0. The first-order chi connectivity index (χ1) is 22.2. The third kappa shape index (κ3) is 4.82. The monoisotopic (exact) mass is 754 g/mol. The molecule has 2 amide bonds. The summed E-state index contributed by atoms with van der Waals surface area (Å²) < 4.78 is 5.81. The molecule has 3 aliphatic carbocycles. The molecule has 1 saturated heterocycles. The highest BCUT2D eigenvalue weighted by molar-refractivity contribution is 14.1. The first-order valence-electron chi connectivity index (χ1n) is 14.5. The quantitative estimate of drug-likeness (QED) is 0.109. The summed E-state index contributed by atoms with van der Waals surface area (Å²) in [5, 5.41) is 34.6. The lowest BCUT2D eigenvalue weighted by molar-refractivity contribution is -0.392. The van der Waals surface area contributed by atoms with E-state index in [2.05, 4.69) is 0 Å². The van der Waals surface area contributed by atoms with Crippen molar-refractivity contribution in [1.82, 2.24) is 0 Å². The SMILES string of the molecule is COc1cc([C@H]2C3=CC[C@@H]4C(=O)N(c5cc([N+](=O)[O-])c(N(C)C)c([N+](=O)[O-])c5)C(=O)[C@@H]4[C@@H]3CC3=C2C(=O)C=C(C)C3=O)cc(I)c1O. The van der Waals surface area contributed by atoms with E-state index < -0.39 is 56.7 Å². The molecule has 14 nitrogen and oxygen atoms in total. The number of carbonyl (C=O) groups is 4. The van der Waals surface area contributed by atoms with Crippen LogP contribution in [0, 0.1) is 41.6 Å². The molecule has 0 spiro atoms. The van der Waals surface area contributed by atoms with Crippen LogP contribution in [0.1, 0.15) is 31.2 Å². The number of hydrogen-bond acceptors (Lipinski definition) is 11. The highest BCUT2D eigenvalue weighted by Gasteiger charge is 2.57. The maximum atomic E-state index is 14.3. The summed E-state index contributed by atoms with van der Waals surface area (Å²) in [6.45, 7) is 1.53. The molecule has 4 aliphatic rings. The zero-order valence-electron chi connectivity index (χ0n) is 25.5. The number of phenols is 1. The number of nitro benzene ring substituents is 2. The van der Waals surface area contributed by atoms with Gasteiger partial charge in [0.1, 0.15) is 0 Å². The molecule has 0 aromatic heterocycles. The Morgan fingerprint density at radius 3 is 2.21 bits per heavy atom. The molecular weight excluding hydrogens is 727 g/mol. The Kier molecular flexibility index (Phi) is 7.77. The number of amides is 2. The molecule has 2 aromatic rings. The van der Waals surface area contributed by atoms with E-state index in [-0.39, 0.29) is 64.0 Å². The van der Waals surface area contributed by atoms with Gasteiger partial charge in [-0.3, -0.25) is 39.4 Å². The number of aromatic hydroxyl groups is 1. The molecule has 6 rings (SSSR count). The first kappa shape index (κ1) is 32.0. The molecule has 1 N–H and O–H groups in total. The molecule has 0 unspecified atom stereocenters. The Hall–Kier alpha value is -4.93. The molecule has 242 valence electrons. The Labute approximate surface area is 280 Å². The van der Waals surface area contributed by atoms with Gasteiger partial charge in [0.05, 0.1) is 38.0 Å². The summed E-state index contributed by atoms with van der Waals surface area (Å²) in [6.07, 6.45) is 3.16. The Morgan fingerprint density at radius 2 is 1.64 bits per heavy atom. The van der Waals surface area contributed by atoms with Gasteiger partial charge in [0, 0.05) is 48.9 Å². The standard InChI is InChI=1S/C32H27IN4O10/c1-13-7-23(38)27-19(29(13)39)12-18-16(25(27)14-8-20(33)30(40)24(9-14)47-4)5-6-17-26(18)32(42)35(31(17)41)15-10-21(36(43)44)28(34(2)3)22(11-15)37(45)46/h5,7-11,17-18,25-26,40H,6,12H2,1-4H3/t17-,18+,25-,26-/m0/s1. The van der Waals surface area contributed by atoms with E-state index in [0.717, 1.165) is 17.0 Å². The van der Waals surface area contributed by atoms with Crippen molar-refractivity contribution in [3.05, 3.63) is 88.1 Å². The molecule has 1 heterocycles. The molecular formula is C32H27IN4O10. The number of anilines is 2. The van der Waals surface area contributed by atoms with Crippen LogP contribution in [0.25, 0.3) is 0 Å². The van der Waals surface area contributed by atoms with Crippen LogP contribution in [-0.2, 0) is 19.2 Å². The molecule has 1 fully saturated rings. The number of ether oxygens (including phenoxy) is 1. The molecule has 15 heteroatoms. The molecule has 0 bridgehead atoms. The third-order valence-electron chi connectivity index (χ3n) is 9.32. The highest BCUT2D eigenvalue weighted by atomic mass is 127. The summed E-state index contributed by atoms with van der Waals surface area (Å²) in [5.74, 6) is -5.49. The predicted octanol–water partition coefficient (Wildman–Crippen LogP) is 4.52. The normalized spacial score (nSPS) is 23.6. The number of phenolic OH excluding ortho intramolecular Hbond substituents is 1. The number of halogens is 1. The number of carbonyl (C=O) groups excluding carboxylic acids is 4. The minimum atomic E-state index is -1.02.